The Morgan fingerprint density at radius 2 is 2.10 bits per heavy atom. The largest absolute Gasteiger partial charge is 0.464 e. The van der Waals surface area contributed by atoms with Gasteiger partial charge in [-0.15, -0.1) is 0 Å². The fourth-order valence-electron chi connectivity index (χ4n) is 1.94. The number of nitrogen functional groups attached to an aromatic ring is 1. The molecule has 1 aromatic heterocycles. The molecule has 21 heavy (non-hydrogen) atoms. The van der Waals surface area contributed by atoms with Crippen LogP contribution in [-0.4, -0.2) is 34.6 Å². The second-order valence-electron chi connectivity index (χ2n) is 4.89. The number of nitrogens with one attached hydrogen (secondary N) is 1. The molecule has 1 atom stereocenters. The lowest BCUT2D eigenvalue weighted by atomic mass is 10.2. The van der Waals surface area contributed by atoms with Gasteiger partial charge in [0.2, 0.25) is 5.91 Å². The van der Waals surface area contributed by atoms with Crippen molar-refractivity contribution in [2.75, 3.05) is 12.8 Å². The molecule has 1 heterocycles. The third-order valence-electron chi connectivity index (χ3n) is 3.36. The third-order valence-corrected chi connectivity index (χ3v) is 3.36. The number of carbonyl (C=O) groups is 2. The van der Waals surface area contributed by atoms with Crippen LogP contribution in [0.2, 0.25) is 0 Å². The molecule has 1 rings (SSSR count). The van der Waals surface area contributed by atoms with Gasteiger partial charge in [-0.1, -0.05) is 13.8 Å². The highest BCUT2D eigenvalue weighted by atomic mass is 16.5. The van der Waals surface area contributed by atoms with Crippen LogP contribution in [0.5, 0.6) is 0 Å². The molecule has 0 aliphatic rings. The standard InChI is InChI=1S/C14H24N4O3/c1-5-9(3)16-11(19)7-8-18-10(6-2)17-12(13(18)15)14(20)21-4/h9H,5-8,15H2,1-4H3,(H,16,19). The number of ether oxygens (including phenoxy) is 1. The van der Waals surface area contributed by atoms with Crippen molar-refractivity contribution in [1.29, 1.82) is 0 Å². The van der Waals surface area contributed by atoms with Crippen molar-refractivity contribution in [3.05, 3.63) is 11.5 Å². The summed E-state index contributed by atoms with van der Waals surface area (Å²) in [5.41, 5.74) is 6.05. The van der Waals surface area contributed by atoms with Crippen LogP contribution in [0.25, 0.3) is 0 Å². The summed E-state index contributed by atoms with van der Waals surface area (Å²) < 4.78 is 6.35. The maximum Gasteiger partial charge on any atom is 0.360 e. The van der Waals surface area contributed by atoms with Crippen molar-refractivity contribution >= 4 is 17.7 Å². The molecule has 1 amide bonds. The lowest BCUT2D eigenvalue weighted by Crippen LogP contribution is -2.32. The van der Waals surface area contributed by atoms with Gasteiger partial charge in [-0.25, -0.2) is 9.78 Å². The number of amides is 1. The molecule has 1 aromatic rings. The van der Waals surface area contributed by atoms with Gasteiger partial charge in [0.1, 0.15) is 11.6 Å². The van der Waals surface area contributed by atoms with Gasteiger partial charge in [0.15, 0.2) is 5.69 Å². The molecule has 3 N–H and O–H groups in total. The zero-order valence-corrected chi connectivity index (χ0v) is 13.1. The van der Waals surface area contributed by atoms with Crippen LogP contribution in [0.4, 0.5) is 5.82 Å². The number of esters is 1. The van der Waals surface area contributed by atoms with E-state index in [-0.39, 0.29) is 23.5 Å². The van der Waals surface area contributed by atoms with Crippen LogP contribution < -0.4 is 11.1 Å². The molecule has 0 radical (unpaired) electrons. The van der Waals surface area contributed by atoms with Crippen molar-refractivity contribution in [2.24, 2.45) is 0 Å². The Morgan fingerprint density at radius 1 is 1.43 bits per heavy atom. The second-order valence-corrected chi connectivity index (χ2v) is 4.89. The molecule has 0 fully saturated rings. The topological polar surface area (TPSA) is 99.2 Å². The van der Waals surface area contributed by atoms with Gasteiger partial charge in [0, 0.05) is 25.4 Å². The molecular weight excluding hydrogens is 272 g/mol. The van der Waals surface area contributed by atoms with Gasteiger partial charge in [-0.05, 0) is 13.3 Å². The SMILES string of the molecule is CCc1nc(C(=O)OC)c(N)n1CCC(=O)NC(C)CC. The number of nitrogens with two attached hydrogens (primary N) is 1. The lowest BCUT2D eigenvalue weighted by Gasteiger charge is -2.13. The van der Waals surface area contributed by atoms with Crippen LogP contribution in [-0.2, 0) is 22.5 Å². The Balaban J connectivity index is 2.81. The molecule has 0 saturated carbocycles. The minimum atomic E-state index is -0.565. The minimum Gasteiger partial charge on any atom is -0.464 e. The Morgan fingerprint density at radius 3 is 2.62 bits per heavy atom. The number of nitrogens with zero attached hydrogens (tertiary/aromatic N) is 2. The lowest BCUT2D eigenvalue weighted by molar-refractivity contribution is -0.121. The smallest absolute Gasteiger partial charge is 0.360 e. The van der Waals surface area contributed by atoms with E-state index in [0.717, 1.165) is 6.42 Å². The molecule has 1 unspecified atom stereocenters. The normalized spacial score (nSPS) is 12.0. The summed E-state index contributed by atoms with van der Waals surface area (Å²) in [6, 6.07) is 0.147. The highest BCUT2D eigenvalue weighted by Gasteiger charge is 2.20. The summed E-state index contributed by atoms with van der Waals surface area (Å²) in [5, 5.41) is 2.89. The summed E-state index contributed by atoms with van der Waals surface area (Å²) in [5.74, 6) is 0.309. The summed E-state index contributed by atoms with van der Waals surface area (Å²) in [7, 11) is 1.28. The van der Waals surface area contributed by atoms with Gasteiger partial charge in [-0.3, -0.25) is 4.79 Å². The van der Waals surface area contributed by atoms with Gasteiger partial charge in [0.05, 0.1) is 7.11 Å². The third kappa shape index (κ3) is 4.21. The van der Waals surface area contributed by atoms with Crippen molar-refractivity contribution < 1.29 is 14.3 Å². The number of methoxy groups -OCH3 is 1. The van der Waals surface area contributed by atoms with E-state index in [9.17, 15) is 9.59 Å². The quantitative estimate of drug-likeness (QED) is 0.734. The molecule has 7 nitrogen and oxygen atoms in total. The highest BCUT2D eigenvalue weighted by molar-refractivity contribution is 5.92. The minimum absolute atomic E-state index is 0.0425. The maximum atomic E-state index is 11.8. The Labute approximate surface area is 124 Å². The number of hydrogen-bond donors (Lipinski definition) is 2. The number of carbonyl (C=O) groups excluding carboxylic acids is 2. The monoisotopic (exact) mass is 296 g/mol. The molecule has 118 valence electrons. The van der Waals surface area contributed by atoms with Gasteiger partial charge in [0.25, 0.3) is 0 Å². The molecule has 0 bridgehead atoms. The zero-order valence-electron chi connectivity index (χ0n) is 13.1. The fourth-order valence-corrected chi connectivity index (χ4v) is 1.94. The van der Waals surface area contributed by atoms with E-state index in [0.29, 0.717) is 25.2 Å². The Kier molecular flexibility index (Phi) is 6.20. The summed E-state index contributed by atoms with van der Waals surface area (Å²) in [4.78, 5) is 27.6. The molecule has 0 saturated heterocycles. The van der Waals surface area contributed by atoms with Crippen molar-refractivity contribution in [2.45, 2.75) is 52.6 Å². The molecule has 0 spiro atoms. The van der Waals surface area contributed by atoms with E-state index in [1.807, 2.05) is 20.8 Å². The first-order valence-electron chi connectivity index (χ1n) is 7.17. The molecule has 0 aromatic carbocycles. The Bertz CT molecular complexity index is 511. The van der Waals surface area contributed by atoms with Crippen molar-refractivity contribution in [3.8, 4) is 0 Å². The van der Waals surface area contributed by atoms with E-state index in [1.165, 1.54) is 7.11 Å². The molecule has 0 aliphatic heterocycles. The number of aromatic nitrogens is 2. The van der Waals surface area contributed by atoms with Crippen molar-refractivity contribution in [1.82, 2.24) is 14.9 Å². The number of hydrogen-bond acceptors (Lipinski definition) is 5. The summed E-state index contributed by atoms with van der Waals surface area (Å²) in [6.07, 6.45) is 1.79. The Hall–Kier alpha value is -2.05. The van der Waals surface area contributed by atoms with E-state index in [2.05, 4.69) is 15.0 Å². The fraction of sp³-hybridized carbons (Fsp3) is 0.643. The maximum absolute atomic E-state index is 11.8. The van der Waals surface area contributed by atoms with Gasteiger partial charge >= 0.3 is 5.97 Å². The molecular formula is C14H24N4O3. The van der Waals surface area contributed by atoms with Crippen LogP contribution >= 0.6 is 0 Å². The van der Waals surface area contributed by atoms with E-state index < -0.39 is 5.97 Å². The number of anilines is 1. The average Bonchev–Trinajstić information content (AvgIpc) is 2.80. The van der Waals surface area contributed by atoms with E-state index >= 15 is 0 Å². The zero-order chi connectivity index (χ0) is 16.0. The molecule has 7 heteroatoms. The van der Waals surface area contributed by atoms with Crippen LogP contribution in [0.3, 0.4) is 0 Å². The first-order chi connectivity index (χ1) is 9.94. The van der Waals surface area contributed by atoms with E-state index in [1.54, 1.807) is 4.57 Å². The summed E-state index contributed by atoms with van der Waals surface area (Å²) in [6.45, 7) is 6.27. The highest BCUT2D eigenvalue weighted by Crippen LogP contribution is 2.16. The first-order valence-corrected chi connectivity index (χ1v) is 7.17. The number of rotatable bonds is 7. The van der Waals surface area contributed by atoms with Crippen LogP contribution in [0.1, 0.15) is 49.9 Å². The predicted molar refractivity (Wildman–Crippen MR) is 79.9 cm³/mol. The van der Waals surface area contributed by atoms with Crippen molar-refractivity contribution in [3.63, 3.8) is 0 Å². The predicted octanol–water partition coefficient (Wildman–Crippen LogP) is 1.12. The van der Waals surface area contributed by atoms with E-state index in [4.69, 9.17) is 5.73 Å². The van der Waals surface area contributed by atoms with Crippen LogP contribution in [0.15, 0.2) is 0 Å². The van der Waals surface area contributed by atoms with Crippen LogP contribution in [0, 0.1) is 0 Å². The first kappa shape index (κ1) is 17.0. The average molecular weight is 296 g/mol. The van der Waals surface area contributed by atoms with Gasteiger partial charge in [-0.2, -0.15) is 0 Å². The molecule has 0 aliphatic carbocycles. The number of imidazole rings is 1. The summed E-state index contributed by atoms with van der Waals surface area (Å²) >= 11 is 0. The van der Waals surface area contributed by atoms with Gasteiger partial charge < -0.3 is 20.4 Å². The number of aryl methyl sites for hydroxylation is 1. The second kappa shape index (κ2) is 7.66.